The molecule has 1 aliphatic rings. The second-order valence-electron chi connectivity index (χ2n) is 6.36. The molecule has 1 saturated heterocycles. The first kappa shape index (κ1) is 16.7. The van der Waals surface area contributed by atoms with E-state index < -0.39 is 23.5 Å². The van der Waals surface area contributed by atoms with Crippen molar-refractivity contribution in [1.82, 2.24) is 15.0 Å². The highest BCUT2D eigenvalue weighted by atomic mass is 19.2. The summed E-state index contributed by atoms with van der Waals surface area (Å²) < 4.78 is 40.8. The minimum Gasteiger partial charge on any atom is -0.355 e. The molecule has 2 N–H and O–H groups in total. The number of hydrogen-bond donors (Lipinski definition) is 1. The number of rotatable bonds is 2. The average Bonchev–Trinajstić information content (AvgIpc) is 2.64. The molecule has 0 bridgehead atoms. The maximum atomic E-state index is 14.1. The molecule has 1 aliphatic heterocycles. The van der Waals surface area contributed by atoms with Gasteiger partial charge in [-0.05, 0) is 30.2 Å². The van der Waals surface area contributed by atoms with Crippen LogP contribution in [-0.4, -0.2) is 34.1 Å². The molecular weight excluding hydrogens is 343 g/mol. The van der Waals surface area contributed by atoms with Gasteiger partial charge in [0.25, 0.3) is 0 Å². The van der Waals surface area contributed by atoms with E-state index in [-0.39, 0.29) is 11.5 Å². The number of fused-ring (bicyclic) bond motifs is 1. The first-order valence-electron chi connectivity index (χ1n) is 8.25. The molecule has 26 heavy (non-hydrogen) atoms. The van der Waals surface area contributed by atoms with E-state index in [1.807, 2.05) is 17.0 Å². The Morgan fingerprint density at radius 2 is 1.77 bits per heavy atom. The van der Waals surface area contributed by atoms with Crippen LogP contribution in [0.3, 0.4) is 0 Å². The van der Waals surface area contributed by atoms with Crippen LogP contribution in [0, 0.1) is 17.5 Å². The lowest BCUT2D eigenvalue weighted by atomic mass is 9.85. The lowest BCUT2D eigenvalue weighted by Gasteiger charge is -2.37. The van der Waals surface area contributed by atoms with Gasteiger partial charge < -0.3 is 10.6 Å². The van der Waals surface area contributed by atoms with Crippen LogP contribution >= 0.6 is 0 Å². The van der Waals surface area contributed by atoms with E-state index in [9.17, 15) is 13.2 Å². The standard InChI is InChI=1S/C18H16F3N5/c19-12-8-14(21)13(20)7-11(12)10-3-6-26(9-15(10)22)17-2-1-16-18(25-17)24-5-4-23-16/h1-2,4-5,7-8,10,15H,3,6,9,22H2/t10-,15?/m1/s1. The molecular formula is C18H16F3N5. The van der Waals surface area contributed by atoms with E-state index in [2.05, 4.69) is 15.0 Å². The molecule has 3 heterocycles. The molecule has 0 spiro atoms. The van der Waals surface area contributed by atoms with Crippen molar-refractivity contribution >= 4 is 17.0 Å². The van der Waals surface area contributed by atoms with Crippen LogP contribution in [0.2, 0.25) is 0 Å². The number of piperidine rings is 1. The summed E-state index contributed by atoms with van der Waals surface area (Å²) in [7, 11) is 0. The number of halogens is 3. The Bertz CT molecular complexity index is 965. The Morgan fingerprint density at radius 1 is 1.00 bits per heavy atom. The van der Waals surface area contributed by atoms with Crippen molar-refractivity contribution in [1.29, 1.82) is 0 Å². The lowest BCUT2D eigenvalue weighted by Crippen LogP contribution is -2.48. The summed E-state index contributed by atoms with van der Waals surface area (Å²) in [5.41, 5.74) is 7.58. The topological polar surface area (TPSA) is 67.9 Å². The molecule has 4 rings (SSSR count). The van der Waals surface area contributed by atoms with Gasteiger partial charge in [0, 0.05) is 43.5 Å². The first-order valence-corrected chi connectivity index (χ1v) is 8.25. The predicted molar refractivity (Wildman–Crippen MR) is 91.2 cm³/mol. The van der Waals surface area contributed by atoms with E-state index in [0.717, 1.165) is 6.07 Å². The van der Waals surface area contributed by atoms with Gasteiger partial charge in [0.15, 0.2) is 17.3 Å². The molecule has 134 valence electrons. The van der Waals surface area contributed by atoms with Gasteiger partial charge in [-0.1, -0.05) is 0 Å². The Balaban J connectivity index is 1.57. The van der Waals surface area contributed by atoms with Crippen molar-refractivity contribution in [2.24, 2.45) is 5.73 Å². The average molecular weight is 359 g/mol. The molecule has 0 radical (unpaired) electrons. The van der Waals surface area contributed by atoms with Crippen LogP contribution in [0.15, 0.2) is 36.7 Å². The van der Waals surface area contributed by atoms with Gasteiger partial charge >= 0.3 is 0 Å². The zero-order valence-electron chi connectivity index (χ0n) is 13.7. The molecule has 2 atom stereocenters. The minimum atomic E-state index is -1.20. The summed E-state index contributed by atoms with van der Waals surface area (Å²) >= 11 is 0. The van der Waals surface area contributed by atoms with E-state index in [1.54, 1.807) is 12.4 Å². The van der Waals surface area contributed by atoms with E-state index >= 15 is 0 Å². The largest absolute Gasteiger partial charge is 0.355 e. The second-order valence-corrected chi connectivity index (χ2v) is 6.36. The van der Waals surface area contributed by atoms with Crippen molar-refractivity contribution in [2.75, 3.05) is 18.0 Å². The summed E-state index contributed by atoms with van der Waals surface area (Å²) in [5, 5.41) is 0. The van der Waals surface area contributed by atoms with Crippen molar-refractivity contribution in [3.63, 3.8) is 0 Å². The quantitative estimate of drug-likeness (QED) is 0.713. The molecule has 1 fully saturated rings. The number of pyridine rings is 1. The normalized spacial score (nSPS) is 20.5. The highest BCUT2D eigenvalue weighted by Crippen LogP contribution is 2.32. The van der Waals surface area contributed by atoms with Crippen LogP contribution in [-0.2, 0) is 0 Å². The maximum absolute atomic E-state index is 14.1. The highest BCUT2D eigenvalue weighted by molar-refractivity contribution is 5.71. The third kappa shape index (κ3) is 2.96. The van der Waals surface area contributed by atoms with E-state index in [4.69, 9.17) is 5.73 Å². The first-order chi connectivity index (χ1) is 12.5. The van der Waals surface area contributed by atoms with Gasteiger partial charge in [0.1, 0.15) is 17.2 Å². The Morgan fingerprint density at radius 3 is 2.58 bits per heavy atom. The van der Waals surface area contributed by atoms with Crippen LogP contribution in [0.5, 0.6) is 0 Å². The predicted octanol–water partition coefficient (Wildman–Crippen LogP) is 2.76. The van der Waals surface area contributed by atoms with E-state index in [1.165, 1.54) is 0 Å². The molecule has 3 aromatic rings. The summed E-state index contributed by atoms with van der Waals surface area (Å²) in [5.74, 6) is -2.71. The summed E-state index contributed by atoms with van der Waals surface area (Å²) in [4.78, 5) is 14.8. The molecule has 1 unspecified atom stereocenters. The number of hydrogen-bond acceptors (Lipinski definition) is 5. The van der Waals surface area contributed by atoms with E-state index in [0.29, 0.717) is 42.6 Å². The zero-order chi connectivity index (χ0) is 18.3. The van der Waals surface area contributed by atoms with Crippen molar-refractivity contribution in [3.8, 4) is 0 Å². The Kier molecular flexibility index (Phi) is 4.20. The zero-order valence-corrected chi connectivity index (χ0v) is 13.7. The number of aromatic nitrogens is 3. The lowest BCUT2D eigenvalue weighted by molar-refractivity contribution is 0.416. The molecule has 8 heteroatoms. The molecule has 0 saturated carbocycles. The summed E-state index contributed by atoms with van der Waals surface area (Å²) in [6, 6.07) is 4.71. The third-order valence-electron chi connectivity index (χ3n) is 4.74. The Labute approximate surface area is 147 Å². The van der Waals surface area contributed by atoms with Gasteiger partial charge in [-0.3, -0.25) is 4.98 Å². The van der Waals surface area contributed by atoms with Gasteiger partial charge in [0.2, 0.25) is 0 Å². The molecule has 5 nitrogen and oxygen atoms in total. The van der Waals surface area contributed by atoms with Crippen molar-refractivity contribution < 1.29 is 13.2 Å². The number of benzene rings is 1. The summed E-state index contributed by atoms with van der Waals surface area (Å²) in [6.45, 7) is 0.984. The fourth-order valence-electron chi connectivity index (χ4n) is 3.42. The number of nitrogens with zero attached hydrogens (tertiary/aromatic N) is 4. The fourth-order valence-corrected chi connectivity index (χ4v) is 3.42. The monoisotopic (exact) mass is 359 g/mol. The molecule has 2 aromatic heterocycles. The van der Waals surface area contributed by atoms with Crippen molar-refractivity contribution in [2.45, 2.75) is 18.4 Å². The van der Waals surface area contributed by atoms with Gasteiger partial charge in [-0.2, -0.15) is 0 Å². The summed E-state index contributed by atoms with van der Waals surface area (Å²) in [6.07, 6.45) is 3.67. The number of anilines is 1. The van der Waals surface area contributed by atoms with Crippen molar-refractivity contribution in [3.05, 3.63) is 59.7 Å². The smallest absolute Gasteiger partial charge is 0.180 e. The highest BCUT2D eigenvalue weighted by Gasteiger charge is 2.31. The van der Waals surface area contributed by atoms with Gasteiger partial charge in [-0.15, -0.1) is 0 Å². The second kappa shape index (κ2) is 6.53. The fraction of sp³-hybridized carbons (Fsp3) is 0.278. The molecule has 1 aromatic carbocycles. The van der Waals surface area contributed by atoms with Gasteiger partial charge in [-0.25, -0.2) is 23.1 Å². The van der Waals surface area contributed by atoms with Crippen LogP contribution in [0.25, 0.3) is 11.2 Å². The molecule has 0 aliphatic carbocycles. The van der Waals surface area contributed by atoms with Crippen LogP contribution in [0.4, 0.5) is 19.0 Å². The third-order valence-corrected chi connectivity index (χ3v) is 4.74. The van der Waals surface area contributed by atoms with Gasteiger partial charge in [0.05, 0.1) is 0 Å². The van der Waals surface area contributed by atoms with Crippen LogP contribution < -0.4 is 10.6 Å². The number of nitrogens with two attached hydrogens (primary N) is 1. The Hall–Kier alpha value is -2.74. The maximum Gasteiger partial charge on any atom is 0.180 e. The SMILES string of the molecule is NC1CN(c2ccc3nccnc3n2)CC[C@@H]1c1cc(F)c(F)cc1F. The molecule has 0 amide bonds. The van der Waals surface area contributed by atoms with Crippen LogP contribution in [0.1, 0.15) is 17.9 Å². The minimum absolute atomic E-state index is 0.119.